The van der Waals surface area contributed by atoms with Crippen LogP contribution in [-0.2, 0) is 20.5 Å². The first kappa shape index (κ1) is 25.1. The van der Waals surface area contributed by atoms with Crippen molar-refractivity contribution in [2.24, 2.45) is 5.92 Å². The third-order valence-corrected chi connectivity index (χ3v) is 9.35. The van der Waals surface area contributed by atoms with E-state index in [0.717, 1.165) is 12.0 Å². The molecule has 2 N–H and O–H groups in total. The fraction of sp³-hybridized carbons (Fsp3) is 0.281. The van der Waals surface area contributed by atoms with E-state index in [-0.39, 0.29) is 23.6 Å². The molecule has 0 bridgehead atoms. The number of rotatable bonds is 5. The summed E-state index contributed by atoms with van der Waals surface area (Å²) in [5, 5.41) is 6.65. The average molecular weight is 554 g/mol. The lowest BCUT2D eigenvalue weighted by molar-refractivity contribution is -0.137. The zero-order valence-corrected chi connectivity index (χ0v) is 22.8. The van der Waals surface area contributed by atoms with Gasteiger partial charge in [0.15, 0.2) is 5.78 Å². The van der Waals surface area contributed by atoms with E-state index in [4.69, 9.17) is 16.3 Å². The molecular formula is C32H28ClN3O4. The molecule has 8 heteroatoms. The summed E-state index contributed by atoms with van der Waals surface area (Å²) in [5.41, 5.74) is 0.870. The lowest BCUT2D eigenvalue weighted by Gasteiger charge is -2.43. The Kier molecular flexibility index (Phi) is 5.50. The molecule has 0 aromatic heterocycles. The normalized spacial score (nSPS) is 27.9. The Hall–Kier alpha value is -3.94. The first-order valence-corrected chi connectivity index (χ1v) is 13.9. The van der Waals surface area contributed by atoms with Crippen molar-refractivity contribution in [3.63, 3.8) is 0 Å². The first-order valence-electron chi connectivity index (χ1n) is 13.5. The number of fused-ring (bicyclic) bond motifs is 7. The van der Waals surface area contributed by atoms with Crippen LogP contribution in [0.3, 0.4) is 0 Å². The minimum absolute atomic E-state index is 0.190. The Morgan fingerprint density at radius 1 is 1.10 bits per heavy atom. The van der Waals surface area contributed by atoms with Gasteiger partial charge in [-0.3, -0.25) is 19.3 Å². The van der Waals surface area contributed by atoms with Crippen molar-refractivity contribution in [3.05, 3.63) is 101 Å². The van der Waals surface area contributed by atoms with E-state index in [1.807, 2.05) is 37.3 Å². The molecule has 202 valence electrons. The number of Topliss-reactive ketones (excluding diaryl/α,β-unsaturated/α-hetero) is 1. The molecule has 0 aliphatic carbocycles. The van der Waals surface area contributed by atoms with Crippen LogP contribution in [0.25, 0.3) is 0 Å². The summed E-state index contributed by atoms with van der Waals surface area (Å²) in [6, 6.07) is 17.7. The van der Waals surface area contributed by atoms with Gasteiger partial charge in [-0.1, -0.05) is 54.6 Å². The Balaban J connectivity index is 1.54. The standard InChI is InChI=1S/C32H28ClN3O4/c1-3-14-40-21-9-6-8-19(16-21)28(37)26-25-12-7-13-36(25)32(23-17-20(33)15-18(2)27(23)35-30(32)39)31(26)22-10-4-5-11-24(22)34-29(31)38/h3-6,8-11,15-17,25-26H,1,7,12-14H2,2H3,(H,34,38)(H,35,39)/t25-,26+,31+,32-/m1/s1. The molecule has 2 fully saturated rings. The number of hydrogen-bond acceptors (Lipinski definition) is 5. The third kappa shape index (κ3) is 2.96. The highest BCUT2D eigenvalue weighted by Crippen LogP contribution is 2.68. The number of carbonyl (C=O) groups excluding carboxylic acids is 3. The Labute approximate surface area is 237 Å². The maximum absolute atomic E-state index is 14.8. The number of ketones is 1. The highest BCUT2D eigenvalue weighted by Gasteiger charge is 2.81. The van der Waals surface area contributed by atoms with Gasteiger partial charge in [0.25, 0.3) is 5.91 Å². The molecule has 7 rings (SSSR count). The predicted molar refractivity (Wildman–Crippen MR) is 153 cm³/mol. The average Bonchev–Trinajstić information content (AvgIpc) is 3.66. The van der Waals surface area contributed by atoms with Crippen LogP contribution in [0.4, 0.5) is 11.4 Å². The lowest BCUT2D eigenvalue weighted by Crippen LogP contribution is -2.62. The quantitative estimate of drug-likeness (QED) is 0.334. The third-order valence-electron chi connectivity index (χ3n) is 9.14. The summed E-state index contributed by atoms with van der Waals surface area (Å²) in [5.74, 6) is -1.13. The van der Waals surface area contributed by atoms with E-state index in [9.17, 15) is 14.4 Å². The molecule has 0 saturated carbocycles. The summed E-state index contributed by atoms with van der Waals surface area (Å²) >= 11 is 6.62. The topological polar surface area (TPSA) is 87.7 Å². The molecule has 4 atom stereocenters. The van der Waals surface area contributed by atoms with Gasteiger partial charge < -0.3 is 15.4 Å². The minimum Gasteiger partial charge on any atom is -0.490 e. The largest absolute Gasteiger partial charge is 0.490 e. The smallest absolute Gasteiger partial charge is 0.251 e. The van der Waals surface area contributed by atoms with Gasteiger partial charge >= 0.3 is 0 Å². The van der Waals surface area contributed by atoms with Gasteiger partial charge in [0, 0.05) is 33.6 Å². The number of benzene rings is 3. The van der Waals surface area contributed by atoms with E-state index in [1.165, 1.54) is 0 Å². The first-order chi connectivity index (χ1) is 19.3. The van der Waals surface area contributed by atoms with Gasteiger partial charge in [-0.2, -0.15) is 0 Å². The van der Waals surface area contributed by atoms with Crippen LogP contribution >= 0.6 is 11.6 Å². The second-order valence-electron chi connectivity index (χ2n) is 11.0. The monoisotopic (exact) mass is 553 g/mol. The molecule has 4 aliphatic rings. The number of anilines is 2. The van der Waals surface area contributed by atoms with E-state index in [2.05, 4.69) is 22.1 Å². The number of para-hydroxylation sites is 1. The molecule has 7 nitrogen and oxygen atoms in total. The zero-order chi connectivity index (χ0) is 27.8. The van der Waals surface area contributed by atoms with Crippen LogP contribution in [0.2, 0.25) is 5.02 Å². The van der Waals surface area contributed by atoms with Crippen molar-refractivity contribution >= 4 is 40.6 Å². The molecule has 0 radical (unpaired) electrons. The van der Waals surface area contributed by atoms with Gasteiger partial charge in [0.05, 0.1) is 5.92 Å². The Morgan fingerprint density at radius 3 is 2.75 bits per heavy atom. The van der Waals surface area contributed by atoms with Crippen LogP contribution < -0.4 is 15.4 Å². The highest BCUT2D eigenvalue weighted by molar-refractivity contribution is 6.31. The van der Waals surface area contributed by atoms with E-state index < -0.39 is 16.9 Å². The summed E-state index contributed by atoms with van der Waals surface area (Å²) < 4.78 is 5.73. The van der Waals surface area contributed by atoms with Crippen LogP contribution in [0.15, 0.2) is 73.3 Å². The van der Waals surface area contributed by atoms with Crippen LogP contribution in [0.1, 0.15) is 39.9 Å². The SMILES string of the molecule is C=CCOc1cccc(C(=O)[C@@H]2[C@H]3CCCN3[C@]3(C(=O)Nc4c(C)cc(Cl)cc43)[C@]23C(=O)Nc2ccccc23)c1. The second kappa shape index (κ2) is 8.78. The second-order valence-corrected chi connectivity index (χ2v) is 11.4. The van der Waals surface area contributed by atoms with Crippen molar-refractivity contribution < 1.29 is 19.1 Å². The number of nitrogens with zero attached hydrogens (tertiary/aromatic N) is 1. The predicted octanol–water partition coefficient (Wildman–Crippen LogP) is 5.23. The van der Waals surface area contributed by atoms with Gasteiger partial charge in [-0.15, -0.1) is 0 Å². The number of nitrogens with one attached hydrogen (secondary N) is 2. The summed E-state index contributed by atoms with van der Waals surface area (Å²) in [4.78, 5) is 46.0. The van der Waals surface area contributed by atoms with Crippen molar-refractivity contribution in [2.45, 2.75) is 36.8 Å². The fourth-order valence-electron chi connectivity index (χ4n) is 7.89. The number of aryl methyl sites for hydroxylation is 1. The van der Waals surface area contributed by atoms with Crippen LogP contribution in [-0.4, -0.2) is 41.7 Å². The van der Waals surface area contributed by atoms with Gasteiger partial charge in [0.2, 0.25) is 5.91 Å². The van der Waals surface area contributed by atoms with Gasteiger partial charge in [0.1, 0.15) is 23.3 Å². The van der Waals surface area contributed by atoms with Crippen LogP contribution in [0.5, 0.6) is 5.75 Å². The molecule has 4 aliphatic heterocycles. The fourth-order valence-corrected chi connectivity index (χ4v) is 8.16. The number of ether oxygens (including phenoxy) is 1. The van der Waals surface area contributed by atoms with Gasteiger partial charge in [-0.25, -0.2) is 0 Å². The highest BCUT2D eigenvalue weighted by atomic mass is 35.5. The van der Waals surface area contributed by atoms with E-state index >= 15 is 0 Å². The molecular weight excluding hydrogens is 526 g/mol. The molecule has 40 heavy (non-hydrogen) atoms. The number of halogens is 1. The van der Waals surface area contributed by atoms with Crippen LogP contribution in [0, 0.1) is 12.8 Å². The summed E-state index contributed by atoms with van der Waals surface area (Å²) in [7, 11) is 0. The van der Waals surface area contributed by atoms with Crippen molar-refractivity contribution in [2.75, 3.05) is 23.8 Å². The van der Waals surface area contributed by atoms with E-state index in [0.29, 0.717) is 58.4 Å². The maximum atomic E-state index is 14.8. The number of amides is 2. The van der Waals surface area contributed by atoms with Crippen molar-refractivity contribution in [3.8, 4) is 5.75 Å². The molecule has 2 saturated heterocycles. The van der Waals surface area contributed by atoms with E-state index in [1.54, 1.807) is 36.4 Å². The van der Waals surface area contributed by atoms with Gasteiger partial charge in [-0.05, 0) is 67.8 Å². The molecule has 2 amide bonds. The van der Waals surface area contributed by atoms with Crippen molar-refractivity contribution in [1.29, 1.82) is 0 Å². The van der Waals surface area contributed by atoms with Crippen molar-refractivity contribution in [1.82, 2.24) is 4.90 Å². The molecule has 3 aromatic carbocycles. The molecule has 2 spiro atoms. The number of carbonyl (C=O) groups is 3. The molecule has 3 aromatic rings. The Bertz CT molecular complexity index is 1640. The Morgan fingerprint density at radius 2 is 1.93 bits per heavy atom. The summed E-state index contributed by atoms with van der Waals surface area (Å²) in [6.07, 6.45) is 3.13. The minimum atomic E-state index is -1.52. The maximum Gasteiger partial charge on any atom is 0.251 e. The number of hydrogen-bond donors (Lipinski definition) is 2. The molecule has 0 unspecified atom stereocenters. The summed E-state index contributed by atoms with van der Waals surface area (Å²) in [6.45, 7) is 6.47. The zero-order valence-electron chi connectivity index (χ0n) is 22.0. The lowest BCUT2D eigenvalue weighted by atomic mass is 9.57. The molecule has 4 heterocycles.